The van der Waals surface area contributed by atoms with E-state index in [0.29, 0.717) is 0 Å². The number of phosphoric ester groups is 1. The van der Waals surface area contributed by atoms with E-state index in [9.17, 15) is 9.46 Å². The average molecular weight is 657 g/mol. The van der Waals surface area contributed by atoms with E-state index in [4.69, 9.17) is 9.05 Å². The summed E-state index contributed by atoms with van der Waals surface area (Å²) in [6, 6.07) is 0. The molecule has 0 heterocycles. The topological polar surface area (TPSA) is 58.6 Å². The predicted octanol–water partition coefficient (Wildman–Crippen LogP) is 12.6. The molecular weight excluding hydrogens is 586 g/mol. The van der Waals surface area contributed by atoms with Crippen molar-refractivity contribution in [1.29, 1.82) is 0 Å². The molecule has 0 atom stereocenters. The second-order valence-corrected chi connectivity index (χ2v) is 13.4. The molecule has 0 spiro atoms. The maximum Gasteiger partial charge on any atom is 3.00 e. The number of hydrogen-bond donors (Lipinski definition) is 0. The Labute approximate surface area is 273 Å². The number of allylic oxidation sites excluding steroid dienone is 4. The molecule has 0 aromatic heterocycles. The van der Waals surface area contributed by atoms with Crippen molar-refractivity contribution in [2.24, 2.45) is 0 Å². The number of phosphoric acid groups is 1. The van der Waals surface area contributed by atoms with Gasteiger partial charge in [0.15, 0.2) is 0 Å². The van der Waals surface area contributed by atoms with Crippen LogP contribution < -0.4 is 4.89 Å². The van der Waals surface area contributed by atoms with Crippen LogP contribution in [0, 0.1) is 0 Å². The van der Waals surface area contributed by atoms with E-state index >= 15 is 0 Å². The minimum absolute atomic E-state index is 0. The molecule has 0 aromatic rings. The number of unbranched alkanes of at least 4 members (excludes halogenated alkanes) is 24. The van der Waals surface area contributed by atoms with E-state index in [-0.39, 0.29) is 30.0 Å². The summed E-state index contributed by atoms with van der Waals surface area (Å²) in [5.74, 6) is 0. The number of rotatable bonds is 34. The van der Waals surface area contributed by atoms with Crippen LogP contribution in [0.4, 0.5) is 0 Å². The summed E-state index contributed by atoms with van der Waals surface area (Å²) in [6.07, 6.45) is 44.0. The summed E-state index contributed by atoms with van der Waals surface area (Å²) in [4.78, 5) is 11.9. The van der Waals surface area contributed by atoms with Crippen molar-refractivity contribution in [3.63, 3.8) is 0 Å². The molecule has 0 aliphatic carbocycles. The molecule has 250 valence electrons. The summed E-state index contributed by atoms with van der Waals surface area (Å²) >= 11 is 0. The molecule has 4 nitrogen and oxygen atoms in total. The number of hydrogen-bond acceptors (Lipinski definition) is 4. The second kappa shape index (κ2) is 37.3. The molecule has 0 bridgehead atoms. The van der Waals surface area contributed by atoms with E-state index in [1.54, 1.807) is 0 Å². The Hall–Kier alpha value is 0.0965. The molecule has 0 N–H and O–H groups in total. The predicted molar refractivity (Wildman–Crippen MR) is 178 cm³/mol. The maximum atomic E-state index is 11.9. The van der Waals surface area contributed by atoms with Crippen LogP contribution >= 0.6 is 7.82 Å². The van der Waals surface area contributed by atoms with Gasteiger partial charge >= 0.3 is 16.8 Å². The zero-order valence-electron chi connectivity index (χ0n) is 27.9. The Balaban J connectivity index is 0. The van der Waals surface area contributed by atoms with Crippen LogP contribution in [-0.4, -0.2) is 13.2 Å². The SMILES string of the molecule is CCCCCCCCC=CCCCCCCCCOP(=O)([O-])OCCCCCCCCC=CCCCCCCCC.[Co+3]. The quantitative estimate of drug-likeness (QED) is 0.0393. The van der Waals surface area contributed by atoms with Gasteiger partial charge in [-0.1, -0.05) is 154 Å². The third kappa shape index (κ3) is 38.1. The molecule has 0 unspecified atom stereocenters. The third-order valence-corrected chi connectivity index (χ3v) is 8.81. The van der Waals surface area contributed by atoms with Gasteiger partial charge in [0.25, 0.3) is 7.82 Å². The molecule has 0 aromatic carbocycles. The van der Waals surface area contributed by atoms with E-state index in [0.717, 1.165) is 38.5 Å². The summed E-state index contributed by atoms with van der Waals surface area (Å²) in [6.45, 7) is 5.02. The first kappa shape index (κ1) is 44.2. The Bertz CT molecular complexity index is 563. The van der Waals surface area contributed by atoms with E-state index in [1.807, 2.05) is 0 Å². The van der Waals surface area contributed by atoms with Crippen LogP contribution in [0.5, 0.6) is 0 Å². The molecule has 0 radical (unpaired) electrons. The van der Waals surface area contributed by atoms with Gasteiger partial charge < -0.3 is 13.9 Å². The Morgan fingerprint density at radius 2 is 0.667 bits per heavy atom. The van der Waals surface area contributed by atoms with E-state index < -0.39 is 7.82 Å². The van der Waals surface area contributed by atoms with Crippen molar-refractivity contribution in [2.45, 2.75) is 194 Å². The largest absolute Gasteiger partial charge is 3.00 e. The second-order valence-electron chi connectivity index (χ2n) is 12.0. The molecule has 0 saturated carbocycles. The minimum Gasteiger partial charge on any atom is -0.756 e. The van der Waals surface area contributed by atoms with Gasteiger partial charge in [-0.3, -0.25) is 4.57 Å². The first-order valence-corrected chi connectivity index (χ1v) is 19.5. The van der Waals surface area contributed by atoms with Gasteiger partial charge in [-0.2, -0.15) is 0 Å². The van der Waals surface area contributed by atoms with Crippen LogP contribution in [0.15, 0.2) is 24.3 Å². The Morgan fingerprint density at radius 1 is 0.429 bits per heavy atom. The average Bonchev–Trinajstić information content (AvgIpc) is 2.96. The van der Waals surface area contributed by atoms with Crippen molar-refractivity contribution in [3.8, 4) is 0 Å². The van der Waals surface area contributed by atoms with Crippen LogP contribution in [0.1, 0.15) is 194 Å². The van der Waals surface area contributed by atoms with E-state index in [1.165, 1.54) is 141 Å². The van der Waals surface area contributed by atoms with Crippen LogP contribution in [0.2, 0.25) is 0 Å². The van der Waals surface area contributed by atoms with Crippen molar-refractivity contribution in [1.82, 2.24) is 0 Å². The van der Waals surface area contributed by atoms with Gasteiger partial charge in [-0.05, 0) is 64.2 Å². The van der Waals surface area contributed by atoms with Crippen LogP contribution in [0.3, 0.4) is 0 Å². The zero-order valence-corrected chi connectivity index (χ0v) is 29.9. The fourth-order valence-electron chi connectivity index (χ4n) is 5.09. The molecule has 0 aliphatic rings. The van der Waals surface area contributed by atoms with Crippen LogP contribution in [-0.2, 0) is 30.4 Å². The first-order chi connectivity index (χ1) is 20.1. The summed E-state index contributed by atoms with van der Waals surface area (Å²) < 4.78 is 22.0. The minimum atomic E-state index is -4.14. The molecule has 0 saturated heterocycles. The molecule has 6 heteroatoms. The Morgan fingerprint density at radius 3 is 0.952 bits per heavy atom. The van der Waals surface area contributed by atoms with Gasteiger partial charge in [0, 0.05) is 0 Å². The van der Waals surface area contributed by atoms with Crippen molar-refractivity contribution >= 4 is 7.82 Å². The maximum absolute atomic E-state index is 11.9. The first-order valence-electron chi connectivity index (χ1n) is 18.0. The molecular formula is C36H70CoO4P+2. The molecule has 0 aliphatic heterocycles. The van der Waals surface area contributed by atoms with Gasteiger partial charge in [0.2, 0.25) is 0 Å². The van der Waals surface area contributed by atoms with Gasteiger partial charge in [0.05, 0.1) is 13.2 Å². The fourth-order valence-corrected chi connectivity index (χ4v) is 5.87. The Kier molecular flexibility index (Phi) is 39.3. The smallest absolute Gasteiger partial charge is 0.756 e. The standard InChI is InChI=1S/C36H71O4P.Co/c1-3-5-7-9-11-13-15-17-19-21-23-25-27-29-31-33-35-39-41(37,38)40-36-34-32-30-28-26-24-22-20-18-16-14-12-10-8-6-4-2;/h17-20H,3-16,21-36H2,1-2H3,(H,37,38);/q;+3/p-1. The molecule has 0 rings (SSSR count). The van der Waals surface area contributed by atoms with E-state index in [2.05, 4.69) is 38.2 Å². The van der Waals surface area contributed by atoms with Gasteiger partial charge in [0.1, 0.15) is 0 Å². The van der Waals surface area contributed by atoms with Crippen molar-refractivity contribution < 1.29 is 35.3 Å². The third-order valence-electron chi connectivity index (χ3n) is 7.81. The van der Waals surface area contributed by atoms with Gasteiger partial charge in [-0.25, -0.2) is 0 Å². The molecule has 0 fully saturated rings. The summed E-state index contributed by atoms with van der Waals surface area (Å²) in [7, 11) is -4.14. The summed E-state index contributed by atoms with van der Waals surface area (Å²) in [5, 5.41) is 0. The fraction of sp³-hybridized carbons (Fsp3) is 0.889. The van der Waals surface area contributed by atoms with Crippen LogP contribution in [0.25, 0.3) is 0 Å². The molecule has 0 amide bonds. The summed E-state index contributed by atoms with van der Waals surface area (Å²) in [5.41, 5.74) is 0. The molecule has 42 heavy (non-hydrogen) atoms. The normalized spacial score (nSPS) is 13.2. The van der Waals surface area contributed by atoms with Crippen molar-refractivity contribution in [3.05, 3.63) is 24.3 Å². The zero-order chi connectivity index (χ0) is 30.0. The van der Waals surface area contributed by atoms with Crippen molar-refractivity contribution in [2.75, 3.05) is 13.2 Å². The monoisotopic (exact) mass is 656 g/mol. The van der Waals surface area contributed by atoms with Gasteiger partial charge in [-0.15, -0.1) is 0 Å².